The van der Waals surface area contributed by atoms with Crippen LogP contribution in [0.4, 0.5) is 5.82 Å². The minimum atomic E-state index is 0.205. The van der Waals surface area contributed by atoms with E-state index < -0.39 is 0 Å². The highest BCUT2D eigenvalue weighted by Crippen LogP contribution is 2.20. The number of hydrogen-bond donors (Lipinski definition) is 2. The number of pyridine rings is 1. The number of rotatable bonds is 7. The van der Waals surface area contributed by atoms with E-state index in [4.69, 9.17) is 15.7 Å². The summed E-state index contributed by atoms with van der Waals surface area (Å²) in [5.41, 5.74) is 6.60. The van der Waals surface area contributed by atoms with Gasteiger partial charge in [-0.25, -0.2) is 4.98 Å². The van der Waals surface area contributed by atoms with E-state index in [1.54, 1.807) is 13.3 Å². The van der Waals surface area contributed by atoms with E-state index in [-0.39, 0.29) is 5.84 Å². The Morgan fingerprint density at radius 2 is 2.32 bits per heavy atom. The number of nitrogens with zero attached hydrogens (tertiary/aromatic N) is 3. The van der Waals surface area contributed by atoms with Crippen LogP contribution in [0.25, 0.3) is 0 Å². The van der Waals surface area contributed by atoms with Crippen LogP contribution < -0.4 is 10.6 Å². The monoisotopic (exact) mass is 330 g/mol. The van der Waals surface area contributed by atoms with Gasteiger partial charge in [0.2, 0.25) is 0 Å². The molecule has 0 amide bonds. The maximum atomic E-state index is 8.57. The minimum Gasteiger partial charge on any atom is -0.409 e. The van der Waals surface area contributed by atoms with E-state index in [0.717, 1.165) is 15.9 Å². The Morgan fingerprint density at radius 1 is 1.58 bits per heavy atom. The molecule has 0 spiro atoms. The van der Waals surface area contributed by atoms with Gasteiger partial charge < -0.3 is 20.6 Å². The number of nitrogens with two attached hydrogens (primary N) is 1. The molecule has 0 saturated carbocycles. The van der Waals surface area contributed by atoms with Crippen molar-refractivity contribution in [2.75, 3.05) is 31.7 Å². The van der Waals surface area contributed by atoms with E-state index in [0.29, 0.717) is 26.1 Å². The zero-order chi connectivity index (χ0) is 14.3. The van der Waals surface area contributed by atoms with Crippen LogP contribution in [-0.4, -0.2) is 42.8 Å². The molecule has 0 radical (unpaired) electrons. The van der Waals surface area contributed by atoms with Crippen molar-refractivity contribution in [3.8, 4) is 0 Å². The average Bonchev–Trinajstić information content (AvgIpc) is 2.42. The van der Waals surface area contributed by atoms with Crippen LogP contribution in [-0.2, 0) is 4.74 Å². The van der Waals surface area contributed by atoms with Gasteiger partial charge in [0.15, 0.2) is 0 Å². The topological polar surface area (TPSA) is 84.0 Å². The Balaban J connectivity index is 2.79. The third kappa shape index (κ3) is 5.04. The highest BCUT2D eigenvalue weighted by Gasteiger charge is 2.10. The lowest BCUT2D eigenvalue weighted by Gasteiger charge is -2.23. The van der Waals surface area contributed by atoms with E-state index in [1.165, 1.54) is 0 Å². The molecule has 0 aliphatic heterocycles. The molecule has 3 N–H and O–H groups in total. The van der Waals surface area contributed by atoms with Crippen LogP contribution in [0.3, 0.4) is 0 Å². The van der Waals surface area contributed by atoms with Crippen molar-refractivity contribution in [1.29, 1.82) is 0 Å². The second-order valence-electron chi connectivity index (χ2n) is 4.11. The van der Waals surface area contributed by atoms with Crippen LogP contribution in [0.5, 0.6) is 0 Å². The number of methoxy groups -OCH3 is 1. The summed E-state index contributed by atoms with van der Waals surface area (Å²) in [6.45, 7) is 3.91. The SMILES string of the molecule is COCCN(CC/C(N)=N/O)c1cc(C)c(Br)cn1. The van der Waals surface area contributed by atoms with Gasteiger partial charge in [0, 0.05) is 37.3 Å². The quantitative estimate of drug-likeness (QED) is 0.344. The number of ether oxygens (including phenoxy) is 1. The molecule has 1 aromatic heterocycles. The van der Waals surface area contributed by atoms with E-state index >= 15 is 0 Å². The number of aromatic nitrogens is 1. The van der Waals surface area contributed by atoms with Gasteiger partial charge >= 0.3 is 0 Å². The van der Waals surface area contributed by atoms with Crippen molar-refractivity contribution in [1.82, 2.24) is 4.98 Å². The van der Waals surface area contributed by atoms with Gasteiger partial charge in [-0.15, -0.1) is 0 Å². The number of hydrogen-bond acceptors (Lipinski definition) is 5. The van der Waals surface area contributed by atoms with Crippen molar-refractivity contribution in [2.24, 2.45) is 10.9 Å². The molecule has 0 bridgehead atoms. The highest BCUT2D eigenvalue weighted by atomic mass is 79.9. The Morgan fingerprint density at radius 3 is 2.89 bits per heavy atom. The molecule has 0 fully saturated rings. The molecule has 7 heteroatoms. The standard InChI is InChI=1S/C12H19BrN4O2/c1-9-7-12(15-8-10(9)13)17(5-6-19-2)4-3-11(14)16-18/h7-8,18H,3-6H2,1-2H3,(H2,14,16). The van der Waals surface area contributed by atoms with Crippen LogP contribution >= 0.6 is 15.9 Å². The lowest BCUT2D eigenvalue weighted by atomic mass is 10.2. The molecule has 1 rings (SSSR count). The smallest absolute Gasteiger partial charge is 0.140 e. The average molecular weight is 331 g/mol. The Bertz CT molecular complexity index is 440. The summed E-state index contributed by atoms with van der Waals surface area (Å²) in [5, 5.41) is 11.5. The third-order valence-corrected chi connectivity index (χ3v) is 3.52. The fourth-order valence-corrected chi connectivity index (χ4v) is 1.76. The summed E-state index contributed by atoms with van der Waals surface area (Å²) in [6.07, 6.45) is 2.24. The lowest BCUT2D eigenvalue weighted by molar-refractivity contribution is 0.205. The predicted molar refractivity (Wildman–Crippen MR) is 78.8 cm³/mol. The molecule has 0 aliphatic rings. The van der Waals surface area contributed by atoms with Gasteiger partial charge in [-0.3, -0.25) is 0 Å². The second kappa shape index (κ2) is 7.96. The summed E-state index contributed by atoms with van der Waals surface area (Å²) in [7, 11) is 1.65. The fraction of sp³-hybridized carbons (Fsp3) is 0.500. The summed E-state index contributed by atoms with van der Waals surface area (Å²) < 4.78 is 6.06. The number of amidine groups is 1. The van der Waals surface area contributed by atoms with Gasteiger partial charge in [-0.05, 0) is 34.5 Å². The second-order valence-corrected chi connectivity index (χ2v) is 4.97. The van der Waals surface area contributed by atoms with E-state index in [1.807, 2.05) is 17.9 Å². The number of halogens is 1. The fourth-order valence-electron chi connectivity index (χ4n) is 1.54. The minimum absolute atomic E-state index is 0.205. The molecule has 0 aromatic carbocycles. The zero-order valence-electron chi connectivity index (χ0n) is 11.1. The van der Waals surface area contributed by atoms with Crippen molar-refractivity contribution in [3.63, 3.8) is 0 Å². The maximum Gasteiger partial charge on any atom is 0.140 e. The first-order chi connectivity index (χ1) is 9.08. The molecule has 1 heterocycles. The Kier molecular flexibility index (Phi) is 6.58. The van der Waals surface area contributed by atoms with Gasteiger partial charge in [-0.1, -0.05) is 5.16 Å². The van der Waals surface area contributed by atoms with Crippen molar-refractivity contribution < 1.29 is 9.94 Å². The lowest BCUT2D eigenvalue weighted by Crippen LogP contribution is -2.31. The Labute approximate surface area is 121 Å². The van der Waals surface area contributed by atoms with Crippen molar-refractivity contribution >= 4 is 27.6 Å². The van der Waals surface area contributed by atoms with Crippen LogP contribution in [0.15, 0.2) is 21.9 Å². The molecular weight excluding hydrogens is 312 g/mol. The number of oxime groups is 1. The normalized spacial score (nSPS) is 11.6. The van der Waals surface area contributed by atoms with Crippen LogP contribution in [0.1, 0.15) is 12.0 Å². The van der Waals surface area contributed by atoms with E-state index in [9.17, 15) is 0 Å². The predicted octanol–water partition coefficient (Wildman–Crippen LogP) is 1.74. The third-order valence-electron chi connectivity index (χ3n) is 2.69. The largest absolute Gasteiger partial charge is 0.409 e. The molecular formula is C12H19BrN4O2. The molecule has 0 unspecified atom stereocenters. The Hall–Kier alpha value is -1.34. The van der Waals surface area contributed by atoms with Gasteiger partial charge in [0.05, 0.1) is 6.61 Å². The molecule has 0 atom stereocenters. The summed E-state index contributed by atoms with van der Waals surface area (Å²) in [6, 6.07) is 1.99. The van der Waals surface area contributed by atoms with Crippen molar-refractivity contribution in [3.05, 3.63) is 22.3 Å². The van der Waals surface area contributed by atoms with Gasteiger partial charge in [0.25, 0.3) is 0 Å². The van der Waals surface area contributed by atoms with Gasteiger partial charge in [-0.2, -0.15) is 0 Å². The molecule has 0 aliphatic carbocycles. The van der Waals surface area contributed by atoms with E-state index in [2.05, 4.69) is 26.1 Å². The van der Waals surface area contributed by atoms with Crippen molar-refractivity contribution in [2.45, 2.75) is 13.3 Å². The molecule has 1 aromatic rings. The maximum absolute atomic E-state index is 8.57. The number of aryl methyl sites for hydroxylation is 1. The highest BCUT2D eigenvalue weighted by molar-refractivity contribution is 9.10. The molecule has 0 saturated heterocycles. The summed E-state index contributed by atoms with van der Waals surface area (Å²) >= 11 is 3.43. The first-order valence-electron chi connectivity index (χ1n) is 5.91. The van der Waals surface area contributed by atoms with Crippen LogP contribution in [0, 0.1) is 6.92 Å². The summed E-state index contributed by atoms with van der Waals surface area (Å²) in [4.78, 5) is 6.42. The molecule has 19 heavy (non-hydrogen) atoms. The zero-order valence-corrected chi connectivity index (χ0v) is 12.7. The van der Waals surface area contributed by atoms with Crippen LogP contribution in [0.2, 0.25) is 0 Å². The first kappa shape index (κ1) is 15.7. The number of anilines is 1. The van der Waals surface area contributed by atoms with Gasteiger partial charge in [0.1, 0.15) is 11.7 Å². The first-order valence-corrected chi connectivity index (χ1v) is 6.70. The molecule has 106 valence electrons. The molecule has 6 nitrogen and oxygen atoms in total. The summed E-state index contributed by atoms with van der Waals surface area (Å²) in [5.74, 6) is 1.06.